The van der Waals surface area contributed by atoms with Gasteiger partial charge in [-0.3, -0.25) is 19.3 Å². The lowest BCUT2D eigenvalue weighted by atomic mass is 10.0. The highest BCUT2D eigenvalue weighted by atomic mass is 19.1. The third kappa shape index (κ3) is 3.49. The van der Waals surface area contributed by atoms with Gasteiger partial charge < -0.3 is 19.9 Å². The number of halogens is 2. The Morgan fingerprint density at radius 2 is 2.00 bits per heavy atom. The normalized spacial score (nSPS) is 23.0. The largest absolute Gasteiger partial charge is 0.503 e. The van der Waals surface area contributed by atoms with Crippen LogP contribution in [0.25, 0.3) is 0 Å². The molecule has 33 heavy (non-hydrogen) atoms. The molecule has 2 fully saturated rings. The van der Waals surface area contributed by atoms with Gasteiger partial charge in [-0.2, -0.15) is 0 Å². The van der Waals surface area contributed by atoms with Gasteiger partial charge in [-0.1, -0.05) is 12.5 Å². The maximum atomic E-state index is 14.1. The number of fused-ring (bicyclic) bond motifs is 4. The van der Waals surface area contributed by atoms with Gasteiger partial charge in [-0.25, -0.2) is 8.78 Å². The maximum Gasteiger partial charge on any atom is 0.275 e. The third-order valence-electron chi connectivity index (χ3n) is 6.92. The molecular formula is C23H24F2N4O4. The number of benzene rings is 1. The second-order valence-electron chi connectivity index (χ2n) is 8.91. The van der Waals surface area contributed by atoms with E-state index < -0.39 is 40.7 Å². The molecular weight excluding hydrogens is 434 g/mol. The van der Waals surface area contributed by atoms with Crippen LogP contribution in [0, 0.1) is 11.6 Å². The molecule has 1 unspecified atom stereocenters. The van der Waals surface area contributed by atoms with E-state index in [1.165, 1.54) is 23.8 Å². The average Bonchev–Trinajstić information content (AvgIpc) is 3.15. The number of piperidine rings is 1. The summed E-state index contributed by atoms with van der Waals surface area (Å²) in [6.45, 7) is 3.25. The highest BCUT2D eigenvalue weighted by molar-refractivity contribution is 5.99. The summed E-state index contributed by atoms with van der Waals surface area (Å²) >= 11 is 0. The van der Waals surface area contributed by atoms with Gasteiger partial charge >= 0.3 is 0 Å². The van der Waals surface area contributed by atoms with Crippen molar-refractivity contribution in [2.75, 3.05) is 13.1 Å². The van der Waals surface area contributed by atoms with E-state index in [4.69, 9.17) is 0 Å². The van der Waals surface area contributed by atoms with Crippen LogP contribution in [0.5, 0.6) is 5.75 Å². The fourth-order valence-corrected chi connectivity index (χ4v) is 5.26. The SMILES string of the molecule is CC(NC(=O)c1cn2c(c(O)c1=O)C(=O)N1C[C@@H]3CCCCN3[C@@H]1C2)c1ccc(F)cc1F. The van der Waals surface area contributed by atoms with Crippen LogP contribution in [0.15, 0.2) is 29.2 Å². The van der Waals surface area contributed by atoms with E-state index >= 15 is 0 Å². The topological polar surface area (TPSA) is 94.9 Å². The summed E-state index contributed by atoms with van der Waals surface area (Å²) < 4.78 is 28.7. The molecule has 0 aliphatic carbocycles. The Labute approximate surface area is 188 Å². The highest BCUT2D eigenvalue weighted by Gasteiger charge is 2.47. The summed E-state index contributed by atoms with van der Waals surface area (Å²) in [5.74, 6) is -3.58. The smallest absolute Gasteiger partial charge is 0.275 e. The Balaban J connectivity index is 1.45. The van der Waals surface area contributed by atoms with E-state index in [-0.39, 0.29) is 29.0 Å². The number of carbonyl (C=O) groups is 2. The number of nitrogens with one attached hydrogen (secondary N) is 1. The van der Waals surface area contributed by atoms with Crippen LogP contribution < -0.4 is 10.7 Å². The van der Waals surface area contributed by atoms with Crippen molar-refractivity contribution in [2.45, 2.75) is 51.0 Å². The lowest BCUT2D eigenvalue weighted by Crippen LogP contribution is -2.51. The quantitative estimate of drug-likeness (QED) is 0.734. The first-order valence-corrected chi connectivity index (χ1v) is 11.0. The van der Waals surface area contributed by atoms with Gasteiger partial charge in [0.1, 0.15) is 23.4 Å². The molecule has 0 spiro atoms. The minimum absolute atomic E-state index is 0.0555. The van der Waals surface area contributed by atoms with E-state index in [2.05, 4.69) is 10.2 Å². The first kappa shape index (κ1) is 21.6. The van der Waals surface area contributed by atoms with Gasteiger partial charge in [0.25, 0.3) is 11.8 Å². The number of hydrogen-bond acceptors (Lipinski definition) is 5. The number of aromatic nitrogens is 1. The van der Waals surface area contributed by atoms with E-state index in [9.17, 15) is 28.3 Å². The van der Waals surface area contributed by atoms with Gasteiger partial charge in [0.2, 0.25) is 5.43 Å². The second kappa shape index (κ2) is 7.95. The van der Waals surface area contributed by atoms with Crippen molar-refractivity contribution in [3.8, 4) is 5.75 Å². The summed E-state index contributed by atoms with van der Waals surface area (Å²) in [4.78, 5) is 42.7. The summed E-state index contributed by atoms with van der Waals surface area (Å²) in [5, 5.41) is 13.1. The van der Waals surface area contributed by atoms with Crippen molar-refractivity contribution in [2.24, 2.45) is 0 Å². The van der Waals surface area contributed by atoms with Gasteiger partial charge in [-0.15, -0.1) is 0 Å². The van der Waals surface area contributed by atoms with E-state index in [0.717, 1.165) is 31.9 Å². The van der Waals surface area contributed by atoms with Crippen molar-refractivity contribution in [3.63, 3.8) is 0 Å². The molecule has 3 atom stereocenters. The zero-order valence-corrected chi connectivity index (χ0v) is 18.1. The number of pyridine rings is 1. The fourth-order valence-electron chi connectivity index (χ4n) is 5.26. The van der Waals surface area contributed by atoms with Crippen LogP contribution in [0.2, 0.25) is 0 Å². The van der Waals surface area contributed by atoms with E-state index in [1.54, 1.807) is 4.90 Å². The fraction of sp³-hybridized carbons (Fsp3) is 0.435. The molecule has 3 aliphatic heterocycles. The molecule has 2 saturated heterocycles. The molecule has 2 aromatic rings. The lowest BCUT2D eigenvalue weighted by molar-refractivity contribution is 0.0451. The summed E-state index contributed by atoms with van der Waals surface area (Å²) in [6.07, 6.45) is 4.23. The summed E-state index contributed by atoms with van der Waals surface area (Å²) in [5.41, 5.74) is -1.38. The van der Waals surface area contributed by atoms with Crippen LogP contribution >= 0.6 is 0 Å². The van der Waals surface area contributed by atoms with Crippen LogP contribution in [-0.2, 0) is 6.54 Å². The van der Waals surface area contributed by atoms with Crippen LogP contribution in [-0.4, -0.2) is 56.6 Å². The van der Waals surface area contributed by atoms with Gasteiger partial charge in [0.15, 0.2) is 11.4 Å². The molecule has 10 heteroatoms. The van der Waals surface area contributed by atoms with Crippen molar-refractivity contribution < 1.29 is 23.5 Å². The molecule has 174 valence electrons. The molecule has 4 heterocycles. The first-order valence-electron chi connectivity index (χ1n) is 11.0. The number of hydrogen-bond donors (Lipinski definition) is 2. The average molecular weight is 458 g/mol. The van der Waals surface area contributed by atoms with Gasteiger partial charge in [0, 0.05) is 37.0 Å². The molecule has 2 amide bonds. The number of carbonyl (C=O) groups excluding carboxylic acids is 2. The van der Waals surface area contributed by atoms with Crippen molar-refractivity contribution in [1.29, 1.82) is 0 Å². The molecule has 1 aromatic carbocycles. The predicted molar refractivity (Wildman–Crippen MR) is 114 cm³/mol. The predicted octanol–water partition coefficient (Wildman–Crippen LogP) is 1.97. The van der Waals surface area contributed by atoms with Crippen molar-refractivity contribution >= 4 is 11.8 Å². The molecule has 0 bridgehead atoms. The van der Waals surface area contributed by atoms with Crippen LogP contribution in [0.4, 0.5) is 8.78 Å². The Bertz CT molecular complexity index is 1210. The zero-order valence-electron chi connectivity index (χ0n) is 18.1. The zero-order chi connectivity index (χ0) is 23.4. The van der Waals surface area contributed by atoms with Crippen LogP contribution in [0.1, 0.15) is 58.6 Å². The standard InChI is InChI=1S/C23H24F2N4O4/c1-12(15-6-5-13(24)8-17(15)25)26-22(32)16-10-27-11-18-28-7-3-2-4-14(28)9-29(18)23(33)19(27)21(31)20(16)30/h5-6,8,10,12,14,18,31H,2-4,7,9,11H2,1H3,(H,26,32)/t12?,14-,18-/m0/s1. The molecule has 5 rings (SSSR count). The third-order valence-corrected chi connectivity index (χ3v) is 6.92. The van der Waals surface area contributed by atoms with Gasteiger partial charge in [0.05, 0.1) is 12.6 Å². The van der Waals surface area contributed by atoms with Crippen LogP contribution in [0.3, 0.4) is 0 Å². The molecule has 2 N–H and O–H groups in total. The monoisotopic (exact) mass is 458 g/mol. The lowest BCUT2D eigenvalue weighted by Gasteiger charge is -2.38. The Hall–Kier alpha value is -3.27. The Kier molecular flexibility index (Phi) is 5.19. The van der Waals surface area contributed by atoms with Crippen molar-refractivity contribution in [1.82, 2.24) is 19.7 Å². The minimum atomic E-state index is -0.964. The van der Waals surface area contributed by atoms with Gasteiger partial charge in [-0.05, 0) is 25.8 Å². The molecule has 0 radical (unpaired) electrons. The number of amides is 2. The number of rotatable bonds is 3. The molecule has 3 aliphatic rings. The Morgan fingerprint density at radius 1 is 1.21 bits per heavy atom. The second-order valence-corrected chi connectivity index (χ2v) is 8.91. The van der Waals surface area contributed by atoms with E-state index in [1.807, 2.05) is 0 Å². The highest BCUT2D eigenvalue weighted by Crippen LogP contribution is 2.34. The molecule has 8 nitrogen and oxygen atoms in total. The summed E-state index contributed by atoms with van der Waals surface area (Å²) in [7, 11) is 0. The number of aromatic hydroxyl groups is 1. The minimum Gasteiger partial charge on any atom is -0.503 e. The summed E-state index contributed by atoms with van der Waals surface area (Å²) in [6, 6.07) is 2.40. The molecule has 1 aromatic heterocycles. The van der Waals surface area contributed by atoms with E-state index in [0.29, 0.717) is 19.2 Å². The number of nitrogens with zero attached hydrogens (tertiary/aromatic N) is 3. The Morgan fingerprint density at radius 3 is 2.76 bits per heavy atom. The maximum absolute atomic E-state index is 14.1. The first-order chi connectivity index (χ1) is 15.8. The van der Waals surface area contributed by atoms with Crippen molar-refractivity contribution in [3.05, 3.63) is 63.1 Å². The molecule has 0 saturated carbocycles.